The second kappa shape index (κ2) is 6.30. The lowest BCUT2D eigenvalue weighted by molar-refractivity contribution is 0.476. The average Bonchev–Trinajstić information content (AvgIpc) is 2.41. The number of aromatic nitrogens is 1. The molecule has 1 aliphatic rings. The summed E-state index contributed by atoms with van der Waals surface area (Å²) in [6, 6.07) is 1.17. The van der Waals surface area contributed by atoms with Crippen LogP contribution in [0.1, 0.15) is 12.8 Å². The Kier molecular flexibility index (Phi) is 4.94. The Bertz CT molecular complexity index is 594. The van der Waals surface area contributed by atoms with Gasteiger partial charge < -0.3 is 4.98 Å². The van der Waals surface area contributed by atoms with Crippen LogP contribution in [0.5, 0.6) is 0 Å². The van der Waals surface area contributed by atoms with Gasteiger partial charge in [0.25, 0.3) is 5.56 Å². The van der Waals surface area contributed by atoms with E-state index in [0.717, 1.165) is 30.5 Å². The van der Waals surface area contributed by atoms with Gasteiger partial charge in [-0.05, 0) is 36.3 Å². The number of sulfonamides is 1. The SMILES string of the molecule is O=c1[nH]cc(S(=O)(=O)NCC2CCSCC2)cc1Cl. The van der Waals surface area contributed by atoms with Crippen LogP contribution in [0.15, 0.2) is 22.0 Å². The summed E-state index contributed by atoms with van der Waals surface area (Å²) in [5.41, 5.74) is -0.495. The Balaban J connectivity index is 2.04. The molecule has 1 aromatic heterocycles. The van der Waals surface area contributed by atoms with E-state index >= 15 is 0 Å². The second-order valence-corrected chi connectivity index (χ2v) is 7.82. The van der Waals surface area contributed by atoms with Crippen LogP contribution in [-0.4, -0.2) is 31.5 Å². The highest BCUT2D eigenvalue weighted by Crippen LogP contribution is 2.22. The molecule has 1 fully saturated rings. The summed E-state index contributed by atoms with van der Waals surface area (Å²) in [4.78, 5) is 13.4. The third kappa shape index (κ3) is 3.98. The molecular weight excluding hydrogens is 308 g/mol. The molecule has 0 unspecified atom stereocenters. The fraction of sp³-hybridized carbons (Fsp3) is 0.545. The molecule has 2 heterocycles. The lowest BCUT2D eigenvalue weighted by Crippen LogP contribution is -2.31. The van der Waals surface area contributed by atoms with Crippen molar-refractivity contribution in [1.82, 2.24) is 9.71 Å². The van der Waals surface area contributed by atoms with Crippen LogP contribution in [-0.2, 0) is 10.0 Å². The van der Waals surface area contributed by atoms with Gasteiger partial charge in [-0.25, -0.2) is 13.1 Å². The predicted octanol–water partition coefficient (Wildman–Crippen LogP) is 1.45. The Hall–Kier alpha value is -0.500. The van der Waals surface area contributed by atoms with Crippen molar-refractivity contribution in [3.8, 4) is 0 Å². The van der Waals surface area contributed by atoms with E-state index in [-0.39, 0.29) is 9.92 Å². The smallest absolute Gasteiger partial charge is 0.266 e. The first-order chi connectivity index (χ1) is 8.99. The fourth-order valence-electron chi connectivity index (χ4n) is 1.85. The van der Waals surface area contributed by atoms with Gasteiger partial charge in [-0.2, -0.15) is 11.8 Å². The number of nitrogens with one attached hydrogen (secondary N) is 2. The second-order valence-electron chi connectivity index (χ2n) is 4.42. The highest BCUT2D eigenvalue weighted by molar-refractivity contribution is 7.99. The molecule has 0 spiro atoms. The third-order valence-electron chi connectivity index (χ3n) is 3.04. The first-order valence-corrected chi connectivity index (χ1v) is 8.96. The van der Waals surface area contributed by atoms with Gasteiger partial charge in [0, 0.05) is 12.7 Å². The van der Waals surface area contributed by atoms with E-state index in [0.29, 0.717) is 12.5 Å². The van der Waals surface area contributed by atoms with Crippen molar-refractivity contribution < 1.29 is 8.42 Å². The minimum atomic E-state index is -3.61. The molecule has 2 N–H and O–H groups in total. The molecule has 5 nitrogen and oxygen atoms in total. The summed E-state index contributed by atoms with van der Waals surface area (Å²) in [7, 11) is -3.61. The number of thioether (sulfide) groups is 1. The van der Waals surface area contributed by atoms with Crippen LogP contribution >= 0.6 is 23.4 Å². The molecule has 0 bridgehead atoms. The summed E-state index contributed by atoms with van der Waals surface area (Å²) in [5.74, 6) is 2.54. The highest BCUT2D eigenvalue weighted by Gasteiger charge is 2.19. The van der Waals surface area contributed by atoms with Gasteiger partial charge in [0.2, 0.25) is 10.0 Å². The van der Waals surface area contributed by atoms with Crippen LogP contribution in [0.2, 0.25) is 5.02 Å². The predicted molar refractivity (Wildman–Crippen MR) is 77.3 cm³/mol. The molecule has 0 aliphatic carbocycles. The molecule has 0 aromatic carbocycles. The van der Waals surface area contributed by atoms with Crippen molar-refractivity contribution in [3.63, 3.8) is 0 Å². The maximum atomic E-state index is 12.0. The zero-order valence-corrected chi connectivity index (χ0v) is 12.6. The van der Waals surface area contributed by atoms with E-state index < -0.39 is 15.6 Å². The number of halogens is 1. The van der Waals surface area contributed by atoms with Crippen molar-refractivity contribution in [2.45, 2.75) is 17.7 Å². The molecule has 0 saturated carbocycles. The monoisotopic (exact) mass is 322 g/mol. The van der Waals surface area contributed by atoms with E-state index in [2.05, 4.69) is 9.71 Å². The van der Waals surface area contributed by atoms with Crippen molar-refractivity contribution >= 4 is 33.4 Å². The minimum Gasteiger partial charge on any atom is -0.326 e. The third-order valence-corrected chi connectivity index (χ3v) is 5.78. The van der Waals surface area contributed by atoms with E-state index in [4.69, 9.17) is 11.6 Å². The fourth-order valence-corrected chi connectivity index (χ4v) is 4.40. The van der Waals surface area contributed by atoms with Crippen LogP contribution in [0, 0.1) is 5.92 Å². The van der Waals surface area contributed by atoms with Crippen molar-refractivity contribution in [2.24, 2.45) is 5.92 Å². The van der Waals surface area contributed by atoms with E-state index in [9.17, 15) is 13.2 Å². The number of rotatable bonds is 4. The molecule has 1 saturated heterocycles. The molecule has 0 atom stereocenters. The maximum Gasteiger partial charge on any atom is 0.266 e. The normalized spacial score (nSPS) is 17.5. The maximum absolute atomic E-state index is 12.0. The summed E-state index contributed by atoms with van der Waals surface area (Å²) < 4.78 is 26.7. The first kappa shape index (κ1) is 14.9. The number of hydrogen-bond acceptors (Lipinski definition) is 4. The summed E-state index contributed by atoms with van der Waals surface area (Å²) in [5, 5.41) is -0.128. The van der Waals surface area contributed by atoms with Gasteiger partial charge in [-0.15, -0.1) is 0 Å². The Morgan fingerprint density at radius 2 is 2.11 bits per heavy atom. The molecular formula is C11H15ClN2O3S2. The molecule has 2 rings (SSSR count). The van der Waals surface area contributed by atoms with E-state index in [1.807, 2.05) is 11.8 Å². The Labute approximate surface area is 121 Å². The van der Waals surface area contributed by atoms with Crippen LogP contribution in [0.3, 0.4) is 0 Å². The van der Waals surface area contributed by atoms with E-state index in [1.165, 1.54) is 6.07 Å². The number of hydrogen-bond donors (Lipinski definition) is 2. The van der Waals surface area contributed by atoms with E-state index in [1.54, 1.807) is 0 Å². The summed E-state index contributed by atoms with van der Waals surface area (Å²) in [6.45, 7) is 0.430. The van der Waals surface area contributed by atoms with Gasteiger partial charge >= 0.3 is 0 Å². The molecule has 19 heavy (non-hydrogen) atoms. The van der Waals surface area contributed by atoms with Crippen molar-refractivity contribution in [1.29, 1.82) is 0 Å². The van der Waals surface area contributed by atoms with Gasteiger partial charge in [0.15, 0.2) is 0 Å². The van der Waals surface area contributed by atoms with Gasteiger partial charge in [-0.1, -0.05) is 11.6 Å². The van der Waals surface area contributed by atoms with Gasteiger partial charge in [0.1, 0.15) is 5.02 Å². The van der Waals surface area contributed by atoms with Gasteiger partial charge in [-0.3, -0.25) is 4.79 Å². The average molecular weight is 323 g/mol. The standard InChI is InChI=1S/C11H15ClN2O3S2/c12-10-5-9(7-13-11(10)15)19(16,17)14-6-8-1-3-18-4-2-8/h5,7-8,14H,1-4,6H2,(H,13,15). The van der Waals surface area contributed by atoms with Crippen molar-refractivity contribution in [3.05, 3.63) is 27.6 Å². The molecule has 0 radical (unpaired) electrons. The number of pyridine rings is 1. The van der Waals surface area contributed by atoms with Gasteiger partial charge in [0.05, 0.1) is 4.90 Å². The molecule has 1 aromatic rings. The molecule has 106 valence electrons. The minimum absolute atomic E-state index is 0.0118. The quantitative estimate of drug-likeness (QED) is 0.879. The van der Waals surface area contributed by atoms with Crippen LogP contribution < -0.4 is 10.3 Å². The Morgan fingerprint density at radius 3 is 2.74 bits per heavy atom. The van der Waals surface area contributed by atoms with Crippen LogP contribution in [0.25, 0.3) is 0 Å². The number of aromatic amines is 1. The largest absolute Gasteiger partial charge is 0.326 e. The molecule has 1 aliphatic heterocycles. The first-order valence-electron chi connectivity index (χ1n) is 5.95. The highest BCUT2D eigenvalue weighted by atomic mass is 35.5. The topological polar surface area (TPSA) is 79.0 Å². The molecule has 0 amide bonds. The molecule has 8 heteroatoms. The Morgan fingerprint density at radius 1 is 1.42 bits per heavy atom. The van der Waals surface area contributed by atoms with Crippen LogP contribution in [0.4, 0.5) is 0 Å². The summed E-state index contributed by atoms with van der Waals surface area (Å²) in [6.07, 6.45) is 3.21. The zero-order valence-electron chi connectivity index (χ0n) is 10.2. The summed E-state index contributed by atoms with van der Waals surface area (Å²) >= 11 is 7.53. The zero-order chi connectivity index (χ0) is 13.9. The van der Waals surface area contributed by atoms with Crippen molar-refractivity contribution in [2.75, 3.05) is 18.1 Å². The lowest BCUT2D eigenvalue weighted by Gasteiger charge is -2.21. The number of H-pyrrole nitrogens is 1. The lowest BCUT2D eigenvalue weighted by atomic mass is 10.0.